The maximum absolute atomic E-state index is 13.9. The molecule has 34 heavy (non-hydrogen) atoms. The van der Waals surface area contributed by atoms with Gasteiger partial charge in [0.25, 0.3) is 0 Å². The predicted molar refractivity (Wildman–Crippen MR) is 131 cm³/mol. The first-order valence-electron chi connectivity index (χ1n) is 10.8. The number of anilines is 1. The van der Waals surface area contributed by atoms with E-state index in [-0.39, 0.29) is 18.5 Å². The van der Waals surface area contributed by atoms with Crippen molar-refractivity contribution in [1.29, 1.82) is 0 Å². The van der Waals surface area contributed by atoms with Gasteiger partial charge in [0.2, 0.25) is 0 Å². The number of benzene rings is 1. The van der Waals surface area contributed by atoms with Gasteiger partial charge in [0.05, 0.1) is 29.9 Å². The Morgan fingerprint density at radius 3 is 2.53 bits per heavy atom. The molecule has 0 saturated carbocycles. The number of pyridine rings is 1. The Hall–Kier alpha value is -3.00. The van der Waals surface area contributed by atoms with Crippen LogP contribution in [0, 0.1) is 13.8 Å². The maximum atomic E-state index is 13.9. The van der Waals surface area contributed by atoms with Crippen LogP contribution in [0.4, 0.5) is 18.9 Å². The number of allylic oxidation sites excluding steroid dienone is 6. The van der Waals surface area contributed by atoms with Crippen molar-refractivity contribution in [2.45, 2.75) is 46.3 Å². The number of aliphatic carboxylic acids is 1. The highest BCUT2D eigenvalue weighted by Gasteiger charge is 2.39. The van der Waals surface area contributed by atoms with Crippen LogP contribution in [0.5, 0.6) is 0 Å². The fraction of sp³-hybridized carbons (Fsp3) is 0.308. The first kappa shape index (κ1) is 24.1. The van der Waals surface area contributed by atoms with Crippen molar-refractivity contribution in [3.8, 4) is 11.3 Å². The Balaban J connectivity index is 2.10. The van der Waals surface area contributed by atoms with Crippen molar-refractivity contribution in [3.63, 3.8) is 0 Å². The highest BCUT2D eigenvalue weighted by molar-refractivity contribution is 7.99. The van der Waals surface area contributed by atoms with Crippen molar-refractivity contribution < 1.29 is 23.1 Å². The molecule has 0 atom stereocenters. The molecule has 2 heterocycles. The summed E-state index contributed by atoms with van der Waals surface area (Å²) in [7, 11) is 0. The van der Waals surface area contributed by atoms with E-state index in [9.17, 15) is 23.1 Å². The van der Waals surface area contributed by atoms with Crippen molar-refractivity contribution in [2.24, 2.45) is 0 Å². The molecule has 1 aromatic carbocycles. The summed E-state index contributed by atoms with van der Waals surface area (Å²) in [4.78, 5) is 16.3. The zero-order valence-electron chi connectivity index (χ0n) is 19.4. The number of hydrogen-bond donors (Lipinski definition) is 1. The molecule has 1 aliphatic heterocycles. The summed E-state index contributed by atoms with van der Waals surface area (Å²) in [5, 5.41) is 9.71. The molecule has 0 radical (unpaired) electrons. The minimum Gasteiger partial charge on any atom is -0.481 e. The third kappa shape index (κ3) is 4.15. The Morgan fingerprint density at radius 1 is 1.15 bits per heavy atom. The quantitative estimate of drug-likeness (QED) is 0.477. The van der Waals surface area contributed by atoms with Gasteiger partial charge in [0.1, 0.15) is 0 Å². The minimum absolute atomic E-state index is 0.0318. The van der Waals surface area contributed by atoms with Crippen molar-refractivity contribution in [2.75, 3.05) is 10.6 Å². The average Bonchev–Trinajstić information content (AvgIpc) is 2.99. The van der Waals surface area contributed by atoms with Crippen LogP contribution in [0.1, 0.15) is 46.7 Å². The molecule has 1 N–H and O–H groups in total. The van der Waals surface area contributed by atoms with E-state index in [1.807, 2.05) is 49.6 Å². The van der Waals surface area contributed by atoms with E-state index in [1.165, 1.54) is 18.1 Å². The lowest BCUT2D eigenvalue weighted by Gasteiger charge is -2.36. The number of aromatic nitrogens is 1. The van der Waals surface area contributed by atoms with E-state index in [2.05, 4.69) is 11.1 Å². The zero-order chi connectivity index (χ0) is 24.8. The minimum atomic E-state index is -4.50. The largest absolute Gasteiger partial charge is 0.481 e. The summed E-state index contributed by atoms with van der Waals surface area (Å²) in [5.74, 6) is -0.958. The lowest BCUT2D eigenvalue weighted by atomic mass is 9.81. The third-order valence-electron chi connectivity index (χ3n) is 6.39. The summed E-state index contributed by atoms with van der Waals surface area (Å²) in [5.41, 5.74) is 5.99. The number of nitrogens with zero attached hydrogens (tertiary/aromatic N) is 2. The van der Waals surface area contributed by atoms with Crippen LogP contribution in [0.15, 0.2) is 42.1 Å². The summed E-state index contributed by atoms with van der Waals surface area (Å²) in [6.07, 6.45) is 7.04. The number of carboxylic acid groups (broad SMARTS) is 1. The molecule has 2 aliphatic rings. The lowest BCUT2D eigenvalue weighted by molar-refractivity contribution is -0.138. The van der Waals surface area contributed by atoms with Crippen LogP contribution in [-0.2, 0) is 23.9 Å². The van der Waals surface area contributed by atoms with Gasteiger partial charge in [-0.05, 0) is 61.1 Å². The first-order chi connectivity index (χ1) is 16.0. The molecular formula is C26H25F3N2O2S. The smallest absolute Gasteiger partial charge is 0.416 e. The zero-order valence-corrected chi connectivity index (χ0v) is 20.2. The van der Waals surface area contributed by atoms with E-state index in [0.717, 1.165) is 39.6 Å². The van der Waals surface area contributed by atoms with Gasteiger partial charge in [0, 0.05) is 23.6 Å². The second-order valence-corrected chi connectivity index (χ2v) is 9.28. The molecule has 0 bridgehead atoms. The van der Waals surface area contributed by atoms with E-state index >= 15 is 0 Å². The van der Waals surface area contributed by atoms with Crippen LogP contribution < -0.4 is 4.31 Å². The normalized spacial score (nSPS) is 15.3. The summed E-state index contributed by atoms with van der Waals surface area (Å²) in [6.45, 7) is 5.73. The van der Waals surface area contributed by atoms with Gasteiger partial charge in [-0.3, -0.25) is 9.78 Å². The van der Waals surface area contributed by atoms with E-state index in [0.29, 0.717) is 23.2 Å². The van der Waals surface area contributed by atoms with Crippen LogP contribution >= 0.6 is 11.9 Å². The van der Waals surface area contributed by atoms with Crippen LogP contribution in [0.2, 0.25) is 0 Å². The molecule has 1 aliphatic carbocycles. The number of carbonyl (C=O) groups is 1. The molecule has 0 spiro atoms. The fourth-order valence-electron chi connectivity index (χ4n) is 4.84. The molecule has 8 heteroatoms. The molecule has 4 rings (SSSR count). The Labute approximate surface area is 201 Å². The van der Waals surface area contributed by atoms with Gasteiger partial charge >= 0.3 is 12.1 Å². The molecule has 0 fully saturated rings. The molecule has 0 amide bonds. The highest BCUT2D eigenvalue weighted by atomic mass is 32.2. The Morgan fingerprint density at radius 2 is 1.88 bits per heavy atom. The van der Waals surface area contributed by atoms with Crippen molar-refractivity contribution >= 4 is 29.2 Å². The van der Waals surface area contributed by atoms with E-state index in [4.69, 9.17) is 0 Å². The molecule has 178 valence electrons. The topological polar surface area (TPSA) is 53.4 Å². The summed E-state index contributed by atoms with van der Waals surface area (Å²) in [6, 6.07) is 1.02. The van der Waals surface area contributed by atoms with Gasteiger partial charge in [-0.1, -0.05) is 41.8 Å². The average molecular weight is 487 g/mol. The number of carboxylic acids is 1. The van der Waals surface area contributed by atoms with Crippen LogP contribution in [0.25, 0.3) is 16.8 Å². The molecule has 2 aromatic rings. The monoisotopic (exact) mass is 486 g/mol. The summed E-state index contributed by atoms with van der Waals surface area (Å²) >= 11 is 1.32. The number of rotatable bonds is 4. The molecule has 1 aromatic heterocycles. The van der Waals surface area contributed by atoms with Crippen LogP contribution in [-0.4, -0.2) is 22.3 Å². The maximum Gasteiger partial charge on any atom is 0.416 e. The van der Waals surface area contributed by atoms with E-state index in [1.54, 1.807) is 0 Å². The van der Waals surface area contributed by atoms with Gasteiger partial charge in [-0.25, -0.2) is 0 Å². The fourth-order valence-corrected chi connectivity index (χ4v) is 5.51. The molecular weight excluding hydrogens is 461 g/mol. The van der Waals surface area contributed by atoms with E-state index < -0.39 is 17.7 Å². The standard InChI is InChI=1S/C26H25F3N2O2S/c1-14-6-5-7-17(9-8-14)22-16(3)23-24-19(20(10-11-30-24)26(27,28)29)13-31(34-4)25(23)15(2)18(22)12-21(32)33/h6-11H,5,12-13H2,1-4H3,(H,32,33). The molecule has 0 saturated heterocycles. The number of halogens is 3. The highest BCUT2D eigenvalue weighted by Crippen LogP contribution is 2.50. The number of fused-ring (bicyclic) bond motifs is 3. The van der Waals surface area contributed by atoms with Gasteiger partial charge < -0.3 is 9.41 Å². The molecule has 0 unspecified atom stereocenters. The van der Waals surface area contributed by atoms with Gasteiger partial charge in [0.15, 0.2) is 0 Å². The third-order valence-corrected chi connectivity index (χ3v) is 7.14. The Kier molecular flexibility index (Phi) is 6.38. The SMILES string of the molecule is CSN1Cc2c(C(F)(F)F)ccnc2-c2c(C)c(C3=CCC=C(C)C=C3)c(CC(=O)O)c(C)c21. The predicted octanol–water partition coefficient (Wildman–Crippen LogP) is 6.90. The second kappa shape index (κ2) is 8.98. The number of hydrogen-bond acceptors (Lipinski definition) is 4. The van der Waals surface area contributed by atoms with Gasteiger partial charge in [-0.15, -0.1) is 0 Å². The van der Waals surface area contributed by atoms with Crippen molar-refractivity contribution in [3.05, 3.63) is 75.5 Å². The lowest BCUT2D eigenvalue weighted by Crippen LogP contribution is -2.26. The Bertz CT molecular complexity index is 1280. The first-order valence-corrected chi connectivity index (χ1v) is 12.0. The van der Waals surface area contributed by atoms with Crippen LogP contribution in [0.3, 0.4) is 0 Å². The summed E-state index contributed by atoms with van der Waals surface area (Å²) < 4.78 is 43.5. The number of alkyl halides is 3. The molecule has 4 nitrogen and oxygen atoms in total. The van der Waals surface area contributed by atoms with Crippen molar-refractivity contribution in [1.82, 2.24) is 4.98 Å². The van der Waals surface area contributed by atoms with Gasteiger partial charge in [-0.2, -0.15) is 13.2 Å². The second-order valence-electron chi connectivity index (χ2n) is 8.48.